The number of nitro benzene ring substituents is 1. The summed E-state index contributed by atoms with van der Waals surface area (Å²) in [5, 5.41) is 15.8. The lowest BCUT2D eigenvalue weighted by Gasteiger charge is -2.22. The Morgan fingerprint density at radius 2 is 1.95 bits per heavy atom. The highest BCUT2D eigenvalue weighted by Gasteiger charge is 2.24. The largest absolute Gasteiger partial charge is 0.494 e. The highest BCUT2D eigenvalue weighted by atomic mass is 16.6. The van der Waals surface area contributed by atoms with E-state index in [1.165, 1.54) is 26.5 Å². The molecule has 13 heteroatoms. The number of fused-ring (bicyclic) bond motifs is 1. The standard InChI is InChI=1S/C26H30N8O5/c1-31(2)10-11-32(3)20-13-22(38-5)19(12-21(20)34(36)37)29-26-28-14-17(25(35)39-6)23(30-26)18-15-33(4)24-16(18)8-7-9-27-24/h7-9,12-15H,10-11H2,1-6H3,(H,28,29,30). The molecule has 0 radical (unpaired) electrons. The maximum absolute atomic E-state index is 12.6. The molecular weight excluding hydrogens is 504 g/mol. The van der Waals surface area contributed by atoms with Gasteiger partial charge in [-0.25, -0.2) is 19.7 Å². The fraction of sp³-hybridized carbons (Fsp3) is 0.308. The molecule has 13 nitrogen and oxygen atoms in total. The molecule has 0 saturated heterocycles. The van der Waals surface area contributed by atoms with Gasteiger partial charge in [-0.2, -0.15) is 0 Å². The van der Waals surface area contributed by atoms with E-state index >= 15 is 0 Å². The van der Waals surface area contributed by atoms with Crippen molar-refractivity contribution in [2.75, 3.05) is 58.7 Å². The number of anilines is 3. The maximum Gasteiger partial charge on any atom is 0.341 e. The molecule has 204 valence electrons. The molecule has 4 rings (SSSR count). The van der Waals surface area contributed by atoms with Gasteiger partial charge >= 0.3 is 5.97 Å². The lowest BCUT2D eigenvalue weighted by atomic mass is 10.1. The number of nitrogens with one attached hydrogen (secondary N) is 1. The number of nitro groups is 1. The first-order valence-corrected chi connectivity index (χ1v) is 12.0. The van der Waals surface area contributed by atoms with Crippen LogP contribution in [-0.2, 0) is 11.8 Å². The van der Waals surface area contributed by atoms with Crippen molar-refractivity contribution in [1.29, 1.82) is 0 Å². The van der Waals surface area contributed by atoms with Crippen LogP contribution in [0.2, 0.25) is 0 Å². The average Bonchev–Trinajstić information content (AvgIpc) is 3.27. The van der Waals surface area contributed by atoms with E-state index in [1.54, 1.807) is 30.3 Å². The number of carbonyl (C=O) groups excluding carboxylic acids is 1. The maximum atomic E-state index is 12.6. The van der Waals surface area contributed by atoms with E-state index in [2.05, 4.69) is 20.3 Å². The summed E-state index contributed by atoms with van der Waals surface area (Å²) >= 11 is 0. The molecule has 0 unspecified atom stereocenters. The minimum absolute atomic E-state index is 0.105. The van der Waals surface area contributed by atoms with E-state index in [1.807, 2.05) is 42.9 Å². The Morgan fingerprint density at radius 3 is 2.62 bits per heavy atom. The summed E-state index contributed by atoms with van der Waals surface area (Å²) in [6, 6.07) is 6.67. The molecule has 0 aliphatic heterocycles. The molecule has 0 amide bonds. The van der Waals surface area contributed by atoms with Crippen LogP contribution in [0.15, 0.2) is 42.9 Å². The van der Waals surface area contributed by atoms with Gasteiger partial charge in [0.2, 0.25) is 5.95 Å². The molecule has 4 aromatic rings. The molecular formula is C26H30N8O5. The van der Waals surface area contributed by atoms with E-state index in [9.17, 15) is 14.9 Å². The normalized spacial score (nSPS) is 11.1. The van der Waals surface area contributed by atoms with E-state index in [0.29, 0.717) is 47.1 Å². The van der Waals surface area contributed by atoms with Crippen LogP contribution >= 0.6 is 0 Å². The minimum atomic E-state index is -0.601. The van der Waals surface area contributed by atoms with Crippen LogP contribution in [0.25, 0.3) is 22.3 Å². The number of pyridine rings is 1. The molecule has 0 atom stereocenters. The van der Waals surface area contributed by atoms with Crippen LogP contribution in [0.3, 0.4) is 0 Å². The third-order valence-electron chi connectivity index (χ3n) is 6.22. The van der Waals surface area contributed by atoms with E-state index < -0.39 is 10.9 Å². The fourth-order valence-corrected chi connectivity index (χ4v) is 4.18. The number of hydrogen-bond donors (Lipinski definition) is 1. The highest BCUT2D eigenvalue weighted by Crippen LogP contribution is 2.39. The number of aromatic nitrogens is 4. The van der Waals surface area contributed by atoms with Gasteiger partial charge in [-0.05, 0) is 26.2 Å². The van der Waals surface area contributed by atoms with Crippen LogP contribution in [0.4, 0.5) is 23.0 Å². The van der Waals surface area contributed by atoms with Crippen molar-refractivity contribution in [3.8, 4) is 17.0 Å². The van der Waals surface area contributed by atoms with Gasteiger partial charge in [0.05, 0.1) is 30.5 Å². The number of carbonyl (C=O) groups is 1. The Hall–Kier alpha value is -4.78. The molecule has 0 aliphatic carbocycles. The van der Waals surface area contributed by atoms with Crippen LogP contribution in [0, 0.1) is 10.1 Å². The van der Waals surface area contributed by atoms with Crippen molar-refractivity contribution in [2.24, 2.45) is 7.05 Å². The Morgan fingerprint density at radius 1 is 1.18 bits per heavy atom. The Balaban J connectivity index is 1.80. The Labute approximate surface area is 225 Å². The van der Waals surface area contributed by atoms with E-state index in [-0.39, 0.29) is 17.2 Å². The number of likely N-dealkylation sites (N-methyl/N-ethyl adjacent to an activating group) is 2. The summed E-state index contributed by atoms with van der Waals surface area (Å²) in [5.41, 5.74) is 2.46. The third kappa shape index (κ3) is 5.57. The number of hydrogen-bond acceptors (Lipinski definition) is 11. The quantitative estimate of drug-likeness (QED) is 0.182. The van der Waals surface area contributed by atoms with Gasteiger partial charge in [-0.15, -0.1) is 0 Å². The van der Waals surface area contributed by atoms with Crippen LogP contribution in [0.5, 0.6) is 5.75 Å². The summed E-state index contributed by atoms with van der Waals surface area (Å²) in [4.78, 5) is 41.3. The number of benzene rings is 1. The predicted octanol–water partition coefficient (Wildman–Crippen LogP) is 3.48. The van der Waals surface area contributed by atoms with Crippen LogP contribution < -0.4 is 15.0 Å². The van der Waals surface area contributed by atoms with Crippen molar-refractivity contribution < 1.29 is 19.2 Å². The van der Waals surface area contributed by atoms with Crippen molar-refractivity contribution in [3.05, 3.63) is 58.5 Å². The minimum Gasteiger partial charge on any atom is -0.494 e. The molecule has 0 fully saturated rings. The summed E-state index contributed by atoms with van der Waals surface area (Å²) in [5.74, 6) is -0.125. The Bertz CT molecular complexity index is 1530. The molecule has 39 heavy (non-hydrogen) atoms. The number of esters is 1. The monoisotopic (exact) mass is 534 g/mol. The molecule has 0 spiro atoms. The van der Waals surface area contributed by atoms with Gasteiger partial charge in [-0.3, -0.25) is 10.1 Å². The second kappa shape index (κ2) is 11.3. The highest BCUT2D eigenvalue weighted by molar-refractivity contribution is 6.02. The van der Waals surface area contributed by atoms with Crippen LogP contribution in [0.1, 0.15) is 10.4 Å². The lowest BCUT2D eigenvalue weighted by molar-refractivity contribution is -0.384. The topological polar surface area (TPSA) is 141 Å². The Kier molecular flexibility index (Phi) is 7.91. The number of ether oxygens (including phenoxy) is 2. The zero-order chi connectivity index (χ0) is 28.3. The zero-order valence-electron chi connectivity index (χ0n) is 22.6. The summed E-state index contributed by atoms with van der Waals surface area (Å²) < 4.78 is 12.4. The molecule has 3 aromatic heterocycles. The number of nitrogens with zero attached hydrogens (tertiary/aromatic N) is 7. The van der Waals surface area contributed by atoms with E-state index in [0.717, 1.165) is 5.39 Å². The third-order valence-corrected chi connectivity index (χ3v) is 6.22. The number of rotatable bonds is 10. The average molecular weight is 535 g/mol. The van der Waals surface area contributed by atoms with Crippen molar-refractivity contribution in [3.63, 3.8) is 0 Å². The van der Waals surface area contributed by atoms with Gasteiger partial charge in [-0.1, -0.05) is 0 Å². The van der Waals surface area contributed by atoms with Gasteiger partial charge < -0.3 is 29.2 Å². The van der Waals surface area contributed by atoms with Crippen molar-refractivity contribution in [1.82, 2.24) is 24.4 Å². The molecule has 0 aliphatic rings. The molecule has 3 heterocycles. The zero-order valence-corrected chi connectivity index (χ0v) is 22.6. The molecule has 0 saturated carbocycles. The number of methoxy groups -OCH3 is 2. The van der Waals surface area contributed by atoms with E-state index in [4.69, 9.17) is 9.47 Å². The van der Waals surface area contributed by atoms with Crippen molar-refractivity contribution >= 4 is 40.0 Å². The first kappa shape index (κ1) is 27.3. The fourth-order valence-electron chi connectivity index (χ4n) is 4.18. The first-order valence-electron chi connectivity index (χ1n) is 12.0. The van der Waals surface area contributed by atoms with Crippen molar-refractivity contribution in [2.45, 2.75) is 0 Å². The lowest BCUT2D eigenvalue weighted by Crippen LogP contribution is -2.29. The van der Waals surface area contributed by atoms with Gasteiger partial charge in [0.1, 0.15) is 22.6 Å². The molecule has 1 N–H and O–H groups in total. The molecule has 0 bridgehead atoms. The van der Waals surface area contributed by atoms with Gasteiger partial charge in [0.15, 0.2) is 0 Å². The predicted molar refractivity (Wildman–Crippen MR) is 148 cm³/mol. The summed E-state index contributed by atoms with van der Waals surface area (Å²) in [6.45, 7) is 1.29. The van der Waals surface area contributed by atoms with Gasteiger partial charge in [0, 0.05) is 68.9 Å². The SMILES string of the molecule is COC(=O)c1cnc(Nc2cc([N+](=O)[O-])c(N(C)CCN(C)C)cc2OC)nc1-c1cn(C)c2ncccc12. The van der Waals surface area contributed by atoms with Crippen LogP contribution in [-0.4, -0.2) is 83.8 Å². The summed E-state index contributed by atoms with van der Waals surface area (Å²) in [7, 11) is 10.3. The first-order chi connectivity index (χ1) is 18.6. The smallest absolute Gasteiger partial charge is 0.341 e. The van der Waals surface area contributed by atoms with Gasteiger partial charge in [0.25, 0.3) is 5.69 Å². The second-order valence-electron chi connectivity index (χ2n) is 9.12. The second-order valence-corrected chi connectivity index (χ2v) is 9.12. The molecule has 1 aromatic carbocycles. The number of aryl methyl sites for hydroxylation is 1. The summed E-state index contributed by atoms with van der Waals surface area (Å²) in [6.07, 6.45) is 4.86.